The van der Waals surface area contributed by atoms with Gasteiger partial charge in [-0.15, -0.1) is 0 Å². The van der Waals surface area contributed by atoms with Gasteiger partial charge in [-0.05, 0) is 36.4 Å². The largest absolute Gasteiger partial charge is 0.497 e. The van der Waals surface area contributed by atoms with Crippen LogP contribution in [0.3, 0.4) is 0 Å². The van der Waals surface area contributed by atoms with Crippen LogP contribution in [-0.4, -0.2) is 25.1 Å². The Kier molecular flexibility index (Phi) is 3.89. The molecule has 0 spiro atoms. The standard InChI is InChI=1S/C17H16N2O4/c1-10-18-14-8-11(4-6-16(14)23-10)19-17(20)13-9-12(21-2)5-7-15(13)22-3/h4-9H,1-3H3,(H,19,20). The molecule has 1 N–H and O–H groups in total. The van der Waals surface area contributed by atoms with Crippen LogP contribution in [0.4, 0.5) is 5.69 Å². The van der Waals surface area contributed by atoms with E-state index in [-0.39, 0.29) is 5.91 Å². The molecule has 0 atom stereocenters. The quantitative estimate of drug-likeness (QED) is 0.799. The molecular weight excluding hydrogens is 296 g/mol. The number of oxazole rings is 1. The second-order valence-electron chi connectivity index (χ2n) is 4.94. The Balaban J connectivity index is 1.90. The van der Waals surface area contributed by atoms with Gasteiger partial charge in [-0.25, -0.2) is 4.98 Å². The summed E-state index contributed by atoms with van der Waals surface area (Å²) in [6.07, 6.45) is 0. The molecule has 1 heterocycles. The van der Waals surface area contributed by atoms with E-state index in [9.17, 15) is 4.79 Å². The van der Waals surface area contributed by atoms with Gasteiger partial charge in [-0.2, -0.15) is 0 Å². The van der Waals surface area contributed by atoms with Crippen LogP contribution in [0.25, 0.3) is 11.1 Å². The van der Waals surface area contributed by atoms with E-state index in [2.05, 4.69) is 10.3 Å². The van der Waals surface area contributed by atoms with Gasteiger partial charge >= 0.3 is 0 Å². The Hall–Kier alpha value is -3.02. The van der Waals surface area contributed by atoms with E-state index >= 15 is 0 Å². The van der Waals surface area contributed by atoms with Gasteiger partial charge in [-0.1, -0.05) is 0 Å². The summed E-state index contributed by atoms with van der Waals surface area (Å²) in [5.74, 6) is 1.35. The monoisotopic (exact) mass is 312 g/mol. The number of methoxy groups -OCH3 is 2. The van der Waals surface area contributed by atoms with Crippen molar-refractivity contribution < 1.29 is 18.7 Å². The zero-order valence-corrected chi connectivity index (χ0v) is 13.0. The summed E-state index contributed by atoms with van der Waals surface area (Å²) in [6, 6.07) is 10.4. The second-order valence-corrected chi connectivity index (χ2v) is 4.94. The maximum atomic E-state index is 12.5. The van der Waals surface area contributed by atoms with Gasteiger partial charge in [-0.3, -0.25) is 4.79 Å². The van der Waals surface area contributed by atoms with Crippen LogP contribution in [0.2, 0.25) is 0 Å². The molecule has 6 nitrogen and oxygen atoms in total. The lowest BCUT2D eigenvalue weighted by Gasteiger charge is -2.11. The fourth-order valence-corrected chi connectivity index (χ4v) is 2.31. The Morgan fingerprint density at radius 2 is 1.96 bits per heavy atom. The van der Waals surface area contributed by atoms with E-state index in [0.29, 0.717) is 39.7 Å². The first kappa shape index (κ1) is 14.9. The highest BCUT2D eigenvalue weighted by Gasteiger charge is 2.14. The highest BCUT2D eigenvalue weighted by molar-refractivity contribution is 6.07. The third-order valence-corrected chi connectivity index (χ3v) is 3.40. The number of anilines is 1. The molecule has 1 aromatic heterocycles. The van der Waals surface area contributed by atoms with Crippen LogP contribution in [0.1, 0.15) is 16.2 Å². The predicted octanol–water partition coefficient (Wildman–Crippen LogP) is 3.41. The lowest BCUT2D eigenvalue weighted by Crippen LogP contribution is -2.13. The number of aryl methyl sites for hydroxylation is 1. The number of amides is 1. The van der Waals surface area contributed by atoms with Gasteiger partial charge in [0.25, 0.3) is 5.91 Å². The molecule has 0 aliphatic rings. The third-order valence-electron chi connectivity index (χ3n) is 3.40. The van der Waals surface area contributed by atoms with Gasteiger partial charge in [0.2, 0.25) is 0 Å². The molecule has 0 unspecified atom stereocenters. The smallest absolute Gasteiger partial charge is 0.259 e. The van der Waals surface area contributed by atoms with Gasteiger partial charge in [0.1, 0.15) is 17.0 Å². The first-order valence-corrected chi connectivity index (χ1v) is 7.01. The average molecular weight is 312 g/mol. The lowest BCUT2D eigenvalue weighted by molar-refractivity contribution is 0.102. The van der Waals surface area contributed by atoms with Crippen molar-refractivity contribution in [1.82, 2.24) is 4.98 Å². The van der Waals surface area contributed by atoms with Crippen molar-refractivity contribution >= 4 is 22.7 Å². The van der Waals surface area contributed by atoms with E-state index in [1.54, 1.807) is 50.4 Å². The number of hydrogen-bond donors (Lipinski definition) is 1. The molecule has 3 aromatic rings. The number of hydrogen-bond acceptors (Lipinski definition) is 5. The van der Waals surface area contributed by atoms with Crippen molar-refractivity contribution in [1.29, 1.82) is 0 Å². The third kappa shape index (κ3) is 2.96. The molecule has 6 heteroatoms. The van der Waals surface area contributed by atoms with E-state index in [4.69, 9.17) is 13.9 Å². The fourth-order valence-electron chi connectivity index (χ4n) is 2.31. The van der Waals surface area contributed by atoms with Crippen LogP contribution in [0.5, 0.6) is 11.5 Å². The summed E-state index contributed by atoms with van der Waals surface area (Å²) in [7, 11) is 3.06. The molecule has 0 saturated carbocycles. The average Bonchev–Trinajstić information content (AvgIpc) is 2.93. The van der Waals surface area contributed by atoms with Crippen molar-refractivity contribution in [2.75, 3.05) is 19.5 Å². The summed E-state index contributed by atoms with van der Waals surface area (Å²) >= 11 is 0. The van der Waals surface area contributed by atoms with Gasteiger partial charge in [0.05, 0.1) is 19.8 Å². The summed E-state index contributed by atoms with van der Waals surface area (Å²) < 4.78 is 15.8. The highest BCUT2D eigenvalue weighted by atomic mass is 16.5. The van der Waals surface area contributed by atoms with Crippen molar-refractivity contribution in [2.45, 2.75) is 6.92 Å². The first-order chi connectivity index (χ1) is 11.1. The molecule has 0 bridgehead atoms. The second kappa shape index (κ2) is 6.00. The van der Waals surface area contributed by atoms with Crippen molar-refractivity contribution in [2.24, 2.45) is 0 Å². The van der Waals surface area contributed by atoms with Crippen LogP contribution in [0.15, 0.2) is 40.8 Å². The minimum atomic E-state index is -0.291. The van der Waals surface area contributed by atoms with Gasteiger partial charge in [0.15, 0.2) is 11.5 Å². The van der Waals surface area contributed by atoms with Crippen LogP contribution < -0.4 is 14.8 Å². The Bertz CT molecular complexity index is 870. The maximum absolute atomic E-state index is 12.5. The number of aromatic nitrogens is 1. The minimum absolute atomic E-state index is 0.291. The number of carbonyl (C=O) groups is 1. The molecule has 0 saturated heterocycles. The highest BCUT2D eigenvalue weighted by Crippen LogP contribution is 2.26. The van der Waals surface area contributed by atoms with E-state index in [1.807, 2.05) is 0 Å². The lowest BCUT2D eigenvalue weighted by atomic mass is 10.1. The van der Waals surface area contributed by atoms with Crippen LogP contribution in [-0.2, 0) is 0 Å². The summed E-state index contributed by atoms with van der Waals surface area (Å²) in [5, 5.41) is 2.83. The van der Waals surface area contributed by atoms with Crippen molar-refractivity contribution in [3.8, 4) is 11.5 Å². The fraction of sp³-hybridized carbons (Fsp3) is 0.176. The molecule has 0 aliphatic carbocycles. The molecule has 0 fully saturated rings. The molecule has 23 heavy (non-hydrogen) atoms. The SMILES string of the molecule is COc1ccc(OC)c(C(=O)Nc2ccc3oc(C)nc3c2)c1. The predicted molar refractivity (Wildman–Crippen MR) is 86.2 cm³/mol. The Morgan fingerprint density at radius 3 is 2.70 bits per heavy atom. The normalized spacial score (nSPS) is 10.6. The van der Waals surface area contributed by atoms with E-state index in [0.717, 1.165) is 0 Å². The summed E-state index contributed by atoms with van der Waals surface area (Å²) in [6.45, 7) is 1.78. The zero-order valence-electron chi connectivity index (χ0n) is 13.0. The number of ether oxygens (including phenoxy) is 2. The number of nitrogens with one attached hydrogen (secondary N) is 1. The Labute approximate surface area is 133 Å². The minimum Gasteiger partial charge on any atom is -0.497 e. The van der Waals surface area contributed by atoms with Crippen LogP contribution >= 0.6 is 0 Å². The van der Waals surface area contributed by atoms with Crippen molar-refractivity contribution in [3.05, 3.63) is 47.9 Å². The summed E-state index contributed by atoms with van der Waals surface area (Å²) in [4.78, 5) is 16.8. The van der Waals surface area contributed by atoms with Gasteiger partial charge in [0, 0.05) is 12.6 Å². The van der Waals surface area contributed by atoms with Crippen molar-refractivity contribution in [3.63, 3.8) is 0 Å². The van der Waals surface area contributed by atoms with Crippen LogP contribution in [0, 0.1) is 6.92 Å². The first-order valence-electron chi connectivity index (χ1n) is 7.01. The maximum Gasteiger partial charge on any atom is 0.259 e. The Morgan fingerprint density at radius 1 is 1.13 bits per heavy atom. The molecule has 0 radical (unpaired) electrons. The summed E-state index contributed by atoms with van der Waals surface area (Å²) in [5.41, 5.74) is 2.39. The van der Waals surface area contributed by atoms with E-state index < -0.39 is 0 Å². The number of carbonyl (C=O) groups excluding carboxylic acids is 1. The zero-order chi connectivity index (χ0) is 16.4. The molecule has 0 aliphatic heterocycles. The molecule has 118 valence electrons. The molecule has 1 amide bonds. The number of benzene rings is 2. The molecule has 2 aromatic carbocycles. The number of fused-ring (bicyclic) bond motifs is 1. The molecular formula is C17H16N2O4. The van der Waals surface area contributed by atoms with Gasteiger partial charge < -0.3 is 19.2 Å². The number of nitrogens with zero attached hydrogens (tertiary/aromatic N) is 1. The molecule has 3 rings (SSSR count). The number of rotatable bonds is 4. The topological polar surface area (TPSA) is 73.6 Å². The van der Waals surface area contributed by atoms with E-state index in [1.165, 1.54) is 7.11 Å².